The Hall–Kier alpha value is -4.38. The molecule has 3 aromatic carbocycles. The van der Waals surface area contributed by atoms with Crippen molar-refractivity contribution in [2.24, 2.45) is 0 Å². The fraction of sp³-hybridized carbons (Fsp3) is 0.212. The number of pyridine rings is 2. The first-order chi connectivity index (χ1) is 18.3. The van der Waals surface area contributed by atoms with Crippen molar-refractivity contribution < 1.29 is 9.84 Å². The molecular formula is C33H31N3O2. The standard InChI is InChI=1S/C33H31N3O2/c1-19(2)24-15-13-22-17-27(20(3)4)33(35-31(22)32(24)37)38-23-14-16-26-25-10-6-7-11-28(25)36(29(26)18-23)30-12-8-9-21(5)34-30/h6-20,37H,1-5H3. The van der Waals surface area contributed by atoms with Crippen molar-refractivity contribution in [1.29, 1.82) is 0 Å². The van der Waals surface area contributed by atoms with Crippen LogP contribution in [0.15, 0.2) is 78.9 Å². The van der Waals surface area contributed by atoms with E-state index in [2.05, 4.69) is 74.7 Å². The SMILES string of the molecule is Cc1cccc(-n2c3ccccc3c3ccc(Oc4nc5c(O)c(C(C)C)ccc5cc4C(C)C)cc32)n1. The lowest BCUT2D eigenvalue weighted by atomic mass is 9.97. The van der Waals surface area contributed by atoms with Gasteiger partial charge in [-0.3, -0.25) is 4.57 Å². The van der Waals surface area contributed by atoms with Gasteiger partial charge in [0.1, 0.15) is 22.8 Å². The van der Waals surface area contributed by atoms with E-state index in [1.165, 1.54) is 0 Å². The van der Waals surface area contributed by atoms with Crippen LogP contribution in [0, 0.1) is 6.92 Å². The summed E-state index contributed by atoms with van der Waals surface area (Å²) < 4.78 is 8.68. The highest BCUT2D eigenvalue weighted by molar-refractivity contribution is 6.09. The number of nitrogens with zero attached hydrogens (tertiary/aromatic N) is 3. The van der Waals surface area contributed by atoms with Crippen LogP contribution >= 0.6 is 0 Å². The Bertz CT molecular complexity index is 1830. The molecule has 6 aromatic rings. The van der Waals surface area contributed by atoms with Crippen molar-refractivity contribution in [2.75, 3.05) is 0 Å². The van der Waals surface area contributed by atoms with Crippen LogP contribution in [0.2, 0.25) is 0 Å². The fourth-order valence-corrected chi connectivity index (χ4v) is 5.23. The van der Waals surface area contributed by atoms with Gasteiger partial charge in [0.05, 0.1) is 11.0 Å². The number of benzene rings is 3. The van der Waals surface area contributed by atoms with Crippen LogP contribution in [0.5, 0.6) is 17.4 Å². The van der Waals surface area contributed by atoms with Crippen LogP contribution in [0.3, 0.4) is 0 Å². The molecule has 0 radical (unpaired) electrons. The molecule has 5 heteroatoms. The molecule has 0 aliphatic rings. The molecule has 0 saturated heterocycles. The molecule has 0 atom stereocenters. The molecule has 6 rings (SSSR count). The predicted octanol–water partition coefficient (Wildman–Crippen LogP) is 8.78. The van der Waals surface area contributed by atoms with Gasteiger partial charge in [0, 0.05) is 33.5 Å². The van der Waals surface area contributed by atoms with Gasteiger partial charge in [0.25, 0.3) is 0 Å². The van der Waals surface area contributed by atoms with E-state index >= 15 is 0 Å². The highest BCUT2D eigenvalue weighted by Crippen LogP contribution is 2.39. The van der Waals surface area contributed by atoms with Gasteiger partial charge >= 0.3 is 0 Å². The number of ether oxygens (including phenoxy) is 1. The van der Waals surface area contributed by atoms with Gasteiger partial charge in [-0.15, -0.1) is 0 Å². The molecule has 0 spiro atoms. The summed E-state index contributed by atoms with van der Waals surface area (Å²) in [5, 5.41) is 14.2. The highest BCUT2D eigenvalue weighted by atomic mass is 16.5. The summed E-state index contributed by atoms with van der Waals surface area (Å²) in [4.78, 5) is 9.67. The second-order valence-corrected chi connectivity index (χ2v) is 10.5. The Morgan fingerprint density at radius 2 is 1.50 bits per heavy atom. The number of aryl methyl sites for hydroxylation is 1. The Kier molecular flexibility index (Phi) is 5.79. The van der Waals surface area contributed by atoms with Crippen molar-refractivity contribution in [3.63, 3.8) is 0 Å². The van der Waals surface area contributed by atoms with Gasteiger partial charge in [-0.2, -0.15) is 0 Å². The van der Waals surface area contributed by atoms with Crippen LogP contribution < -0.4 is 4.74 Å². The van der Waals surface area contributed by atoms with E-state index in [9.17, 15) is 5.11 Å². The van der Waals surface area contributed by atoms with Crippen molar-refractivity contribution in [3.05, 3.63) is 95.7 Å². The molecule has 0 fully saturated rings. The van der Waals surface area contributed by atoms with Crippen LogP contribution in [0.25, 0.3) is 38.5 Å². The molecule has 0 aliphatic carbocycles. The largest absolute Gasteiger partial charge is 0.505 e. The average Bonchev–Trinajstić information content (AvgIpc) is 3.22. The molecule has 0 aliphatic heterocycles. The number of para-hydroxylation sites is 1. The van der Waals surface area contributed by atoms with Crippen LogP contribution in [-0.2, 0) is 0 Å². The Balaban J connectivity index is 1.54. The predicted molar refractivity (Wildman–Crippen MR) is 155 cm³/mol. The lowest BCUT2D eigenvalue weighted by Crippen LogP contribution is -2.00. The van der Waals surface area contributed by atoms with E-state index in [1.807, 2.05) is 43.3 Å². The van der Waals surface area contributed by atoms with Gasteiger partial charge in [-0.05, 0) is 60.7 Å². The molecule has 0 bridgehead atoms. The molecule has 38 heavy (non-hydrogen) atoms. The molecule has 5 nitrogen and oxygen atoms in total. The molecule has 0 amide bonds. The average molecular weight is 502 g/mol. The summed E-state index contributed by atoms with van der Waals surface area (Å²) in [5.41, 5.74) is 5.51. The number of aromatic nitrogens is 3. The quantitative estimate of drug-likeness (QED) is 0.256. The number of rotatable bonds is 5. The first-order valence-corrected chi connectivity index (χ1v) is 13.1. The van der Waals surface area contributed by atoms with Crippen LogP contribution in [0.1, 0.15) is 56.4 Å². The third kappa shape index (κ3) is 3.95. The van der Waals surface area contributed by atoms with E-state index in [0.717, 1.165) is 49.8 Å². The third-order valence-electron chi connectivity index (χ3n) is 7.19. The molecule has 3 aromatic heterocycles. The van der Waals surface area contributed by atoms with E-state index in [-0.39, 0.29) is 17.6 Å². The van der Waals surface area contributed by atoms with Gasteiger partial charge in [0.2, 0.25) is 5.88 Å². The summed E-state index contributed by atoms with van der Waals surface area (Å²) in [6.07, 6.45) is 0. The zero-order chi connectivity index (χ0) is 26.6. The Labute approximate surface area is 222 Å². The zero-order valence-electron chi connectivity index (χ0n) is 22.4. The highest BCUT2D eigenvalue weighted by Gasteiger charge is 2.19. The summed E-state index contributed by atoms with van der Waals surface area (Å²) in [6, 6.07) is 26.7. The molecule has 0 saturated carbocycles. The van der Waals surface area contributed by atoms with Gasteiger partial charge in [-0.25, -0.2) is 9.97 Å². The first-order valence-electron chi connectivity index (χ1n) is 13.1. The minimum atomic E-state index is 0.190. The van der Waals surface area contributed by atoms with Crippen molar-refractivity contribution in [3.8, 4) is 23.2 Å². The smallest absolute Gasteiger partial charge is 0.223 e. The monoisotopic (exact) mass is 501 g/mol. The van der Waals surface area contributed by atoms with E-state index < -0.39 is 0 Å². The molecule has 1 N–H and O–H groups in total. The maximum absolute atomic E-state index is 11.0. The second-order valence-electron chi connectivity index (χ2n) is 10.5. The lowest BCUT2D eigenvalue weighted by Gasteiger charge is -2.16. The molecule has 3 heterocycles. The maximum Gasteiger partial charge on any atom is 0.223 e. The van der Waals surface area contributed by atoms with Crippen LogP contribution in [0.4, 0.5) is 0 Å². The van der Waals surface area contributed by atoms with Crippen molar-refractivity contribution >= 4 is 32.7 Å². The minimum absolute atomic E-state index is 0.190. The summed E-state index contributed by atoms with van der Waals surface area (Å²) in [6.45, 7) is 10.4. The lowest BCUT2D eigenvalue weighted by molar-refractivity contribution is 0.450. The van der Waals surface area contributed by atoms with Gasteiger partial charge in [0.15, 0.2) is 0 Å². The summed E-state index contributed by atoms with van der Waals surface area (Å²) >= 11 is 0. The normalized spacial score (nSPS) is 11.9. The van der Waals surface area contributed by atoms with Gasteiger partial charge < -0.3 is 9.84 Å². The number of phenolic OH excluding ortho intramolecular Hbond substituents is 1. The van der Waals surface area contributed by atoms with Crippen molar-refractivity contribution in [2.45, 2.75) is 46.5 Å². The zero-order valence-corrected chi connectivity index (χ0v) is 22.4. The fourth-order valence-electron chi connectivity index (χ4n) is 5.23. The number of hydrogen-bond acceptors (Lipinski definition) is 4. The van der Waals surface area contributed by atoms with E-state index in [0.29, 0.717) is 17.1 Å². The van der Waals surface area contributed by atoms with Crippen molar-refractivity contribution in [1.82, 2.24) is 14.5 Å². The van der Waals surface area contributed by atoms with Crippen LogP contribution in [-0.4, -0.2) is 19.6 Å². The third-order valence-corrected chi connectivity index (χ3v) is 7.19. The molecule has 0 unspecified atom stereocenters. The van der Waals surface area contributed by atoms with Gasteiger partial charge in [-0.1, -0.05) is 64.1 Å². The summed E-state index contributed by atoms with van der Waals surface area (Å²) in [5.74, 6) is 2.67. The van der Waals surface area contributed by atoms with E-state index in [1.54, 1.807) is 0 Å². The maximum atomic E-state index is 11.0. The number of fused-ring (bicyclic) bond motifs is 4. The Morgan fingerprint density at radius 3 is 2.26 bits per heavy atom. The number of hydrogen-bond donors (Lipinski definition) is 1. The number of aromatic hydroxyl groups is 1. The first kappa shape index (κ1) is 24.0. The second kappa shape index (κ2) is 9.18. The Morgan fingerprint density at radius 1 is 0.737 bits per heavy atom. The number of phenols is 1. The minimum Gasteiger partial charge on any atom is -0.505 e. The topological polar surface area (TPSA) is 60.2 Å². The van der Waals surface area contributed by atoms with E-state index in [4.69, 9.17) is 14.7 Å². The summed E-state index contributed by atoms with van der Waals surface area (Å²) in [7, 11) is 0. The molecular weight excluding hydrogens is 470 g/mol. The molecule has 190 valence electrons.